The van der Waals surface area contributed by atoms with Crippen LogP contribution in [0.15, 0.2) is 99.5 Å². The van der Waals surface area contributed by atoms with Crippen molar-refractivity contribution in [2.45, 2.75) is 53.5 Å². The number of fused-ring (bicyclic) bond motifs is 4. The van der Waals surface area contributed by atoms with Gasteiger partial charge in [0.15, 0.2) is 9.84 Å². The second-order valence-corrected chi connectivity index (χ2v) is 19.8. The minimum Gasteiger partial charge on any atom is -0.379 e. The molecule has 334 valence electrons. The number of sulfone groups is 1. The number of nitrogens with one attached hydrogen (secondary N) is 1. The second-order valence-electron chi connectivity index (χ2n) is 15.9. The van der Waals surface area contributed by atoms with Crippen molar-refractivity contribution in [1.82, 2.24) is 29.0 Å². The molecule has 1 saturated heterocycles. The molecular formula is C43H36F6N6O7S2. The average molecular weight is 927 g/mol. The van der Waals surface area contributed by atoms with Crippen molar-refractivity contribution in [2.75, 3.05) is 32.6 Å². The Kier molecular flexibility index (Phi) is 10.8. The highest BCUT2D eigenvalue weighted by atomic mass is 32.2. The van der Waals surface area contributed by atoms with E-state index in [0.29, 0.717) is 16.3 Å². The number of rotatable bonds is 12. The van der Waals surface area contributed by atoms with Crippen LogP contribution < -0.4 is 10.9 Å². The van der Waals surface area contributed by atoms with Gasteiger partial charge >= 0.3 is 0 Å². The van der Waals surface area contributed by atoms with Gasteiger partial charge in [-0.05, 0) is 78.1 Å². The van der Waals surface area contributed by atoms with Crippen LogP contribution in [0.25, 0.3) is 27.7 Å². The number of halogens is 6. The minimum atomic E-state index is -4.02. The standard InChI is InChI=1S/C43H36F6N6O7S2/c1-63(58,59)35-5-3-2-4-29(35)24-6-11-30-33(19-24)51-41(55(42(30)57)27-7-9-28(10-8-27)64(60,61)53-12-14-62-15-13-53)34(18-23-16-25(44)20-26(45)17-23)50-36(56)22-54-39-37(38(52-54)40(46)47)31-21-32(31)43(39,48)49/h2-11,16-17,19-20,31-32,34,40H,12-15,18,21-22H2,1H3,(H,50,56)/t31-,32+,34+/m1/s1. The number of hydrogen-bond acceptors (Lipinski definition) is 9. The van der Waals surface area contributed by atoms with E-state index in [-0.39, 0.29) is 81.6 Å². The molecule has 0 unspecified atom stereocenters. The third kappa shape index (κ3) is 7.77. The van der Waals surface area contributed by atoms with E-state index in [2.05, 4.69) is 10.4 Å². The summed E-state index contributed by atoms with van der Waals surface area (Å²) in [6, 6.07) is 16.5. The van der Waals surface area contributed by atoms with Crippen molar-refractivity contribution in [3.05, 3.63) is 135 Å². The fraction of sp³-hybridized carbons (Fsp3) is 0.302. The van der Waals surface area contributed by atoms with Crippen LogP contribution in [0.5, 0.6) is 0 Å². The zero-order valence-corrected chi connectivity index (χ0v) is 35.2. The predicted octanol–water partition coefficient (Wildman–Crippen LogP) is 6.20. The molecule has 4 aromatic carbocycles. The summed E-state index contributed by atoms with van der Waals surface area (Å²) in [6.45, 7) is -0.434. The van der Waals surface area contributed by atoms with Gasteiger partial charge in [-0.25, -0.2) is 39.4 Å². The SMILES string of the molecule is CS(=O)(=O)c1ccccc1-c1ccc2c(=O)n(-c3ccc(S(=O)(=O)N4CCOCC4)cc3)c([C@H](Cc3cc(F)cc(F)c3)NC(=O)Cn3nc(C(F)F)c4c3C(F)(F)[C@H]3C[C@@H]43)nc2c1. The summed E-state index contributed by atoms with van der Waals surface area (Å²) in [5, 5.41) is 6.32. The first-order valence-corrected chi connectivity index (χ1v) is 23.2. The number of amides is 1. The molecule has 9 rings (SSSR count). The summed E-state index contributed by atoms with van der Waals surface area (Å²) < 4.78 is 149. The Hall–Kier alpha value is -5.90. The highest BCUT2D eigenvalue weighted by Gasteiger charge is 2.67. The molecule has 1 saturated carbocycles. The number of aromatic nitrogens is 4. The summed E-state index contributed by atoms with van der Waals surface area (Å²) in [5.41, 5.74) is -2.23. The summed E-state index contributed by atoms with van der Waals surface area (Å²) >= 11 is 0. The molecule has 2 aliphatic carbocycles. The fourth-order valence-electron chi connectivity index (χ4n) is 8.71. The zero-order valence-electron chi connectivity index (χ0n) is 33.5. The van der Waals surface area contributed by atoms with Gasteiger partial charge in [0.05, 0.1) is 45.6 Å². The highest BCUT2D eigenvalue weighted by Crippen LogP contribution is 2.68. The maximum atomic E-state index is 15.5. The van der Waals surface area contributed by atoms with Crippen LogP contribution in [0.4, 0.5) is 26.3 Å². The summed E-state index contributed by atoms with van der Waals surface area (Å²) in [5.74, 6) is -8.99. The highest BCUT2D eigenvalue weighted by molar-refractivity contribution is 7.90. The van der Waals surface area contributed by atoms with Crippen LogP contribution in [-0.2, 0) is 48.3 Å². The lowest BCUT2D eigenvalue weighted by Gasteiger charge is -2.26. The summed E-state index contributed by atoms with van der Waals surface area (Å²) in [7, 11) is -7.79. The second kappa shape index (κ2) is 16.0. The van der Waals surface area contributed by atoms with E-state index < -0.39 is 97.5 Å². The molecule has 0 bridgehead atoms. The van der Waals surface area contributed by atoms with Gasteiger partial charge in [0.2, 0.25) is 15.9 Å². The number of nitrogens with zero attached hydrogens (tertiary/aromatic N) is 5. The Balaban J connectivity index is 1.20. The Morgan fingerprint density at radius 3 is 2.30 bits per heavy atom. The fourth-order valence-corrected chi connectivity index (χ4v) is 11.0. The quantitative estimate of drug-likeness (QED) is 0.141. The van der Waals surface area contributed by atoms with E-state index in [0.717, 1.165) is 23.0 Å². The Morgan fingerprint density at radius 2 is 1.62 bits per heavy atom. The first kappa shape index (κ1) is 43.4. The number of benzene rings is 4. The first-order valence-electron chi connectivity index (χ1n) is 19.9. The molecule has 3 atom stereocenters. The van der Waals surface area contributed by atoms with Gasteiger partial charge in [0.25, 0.3) is 17.9 Å². The molecule has 1 N–H and O–H groups in total. The molecule has 1 aliphatic heterocycles. The lowest BCUT2D eigenvalue weighted by atomic mass is 10.0. The van der Waals surface area contributed by atoms with Crippen molar-refractivity contribution in [2.24, 2.45) is 5.92 Å². The Bertz CT molecular complexity index is 3140. The third-order valence-electron chi connectivity index (χ3n) is 11.7. The van der Waals surface area contributed by atoms with Crippen LogP contribution >= 0.6 is 0 Å². The van der Waals surface area contributed by atoms with E-state index in [9.17, 15) is 44.0 Å². The lowest BCUT2D eigenvalue weighted by molar-refractivity contribution is -0.123. The molecule has 21 heteroatoms. The van der Waals surface area contributed by atoms with Crippen LogP contribution in [0, 0.1) is 17.6 Å². The molecule has 0 radical (unpaired) electrons. The predicted molar refractivity (Wildman–Crippen MR) is 218 cm³/mol. The monoisotopic (exact) mass is 926 g/mol. The number of hydrogen-bond donors (Lipinski definition) is 1. The largest absolute Gasteiger partial charge is 0.379 e. The van der Waals surface area contributed by atoms with Gasteiger partial charge < -0.3 is 10.1 Å². The van der Waals surface area contributed by atoms with Crippen molar-refractivity contribution >= 4 is 36.7 Å². The molecule has 1 amide bonds. The zero-order chi connectivity index (χ0) is 45.5. The molecular weight excluding hydrogens is 891 g/mol. The lowest BCUT2D eigenvalue weighted by Crippen LogP contribution is -2.40. The van der Waals surface area contributed by atoms with Gasteiger partial charge in [-0.3, -0.25) is 18.8 Å². The molecule has 64 heavy (non-hydrogen) atoms. The van der Waals surface area contributed by atoms with Crippen molar-refractivity contribution < 1.29 is 52.7 Å². The molecule has 13 nitrogen and oxygen atoms in total. The van der Waals surface area contributed by atoms with Gasteiger partial charge in [-0.1, -0.05) is 24.3 Å². The van der Waals surface area contributed by atoms with Crippen molar-refractivity contribution in [3.63, 3.8) is 0 Å². The Morgan fingerprint density at radius 1 is 0.938 bits per heavy atom. The number of alkyl halides is 4. The maximum absolute atomic E-state index is 15.5. The van der Waals surface area contributed by atoms with E-state index in [1.54, 1.807) is 12.1 Å². The van der Waals surface area contributed by atoms with Crippen LogP contribution in [0.1, 0.15) is 53.1 Å². The van der Waals surface area contributed by atoms with Crippen LogP contribution in [0.2, 0.25) is 0 Å². The van der Waals surface area contributed by atoms with Gasteiger partial charge in [-0.15, -0.1) is 0 Å². The normalized spacial score (nSPS) is 18.8. The van der Waals surface area contributed by atoms with E-state index in [1.807, 2.05) is 0 Å². The number of ether oxygens (including phenoxy) is 1. The van der Waals surface area contributed by atoms with E-state index in [1.165, 1.54) is 58.9 Å². The molecule has 2 fully saturated rings. The van der Waals surface area contributed by atoms with Crippen LogP contribution in [-0.4, -0.2) is 78.9 Å². The van der Waals surface area contributed by atoms with Crippen LogP contribution in [0.3, 0.4) is 0 Å². The molecule has 3 heterocycles. The molecule has 6 aromatic rings. The minimum absolute atomic E-state index is 0.0171. The first-order chi connectivity index (χ1) is 30.3. The Labute approximate surface area is 361 Å². The average Bonchev–Trinajstić information content (AvgIpc) is 3.91. The van der Waals surface area contributed by atoms with Crippen molar-refractivity contribution in [1.29, 1.82) is 0 Å². The molecule has 3 aliphatic rings. The number of morpholine rings is 1. The molecule has 0 spiro atoms. The van der Waals surface area contributed by atoms with E-state index >= 15 is 8.78 Å². The number of carbonyl (C=O) groups excluding carboxylic acids is 1. The number of sulfonamides is 1. The third-order valence-corrected chi connectivity index (χ3v) is 14.7. The van der Waals surface area contributed by atoms with Gasteiger partial charge in [0.1, 0.15) is 35.4 Å². The summed E-state index contributed by atoms with van der Waals surface area (Å²) in [6.07, 6.45) is -2.70. The van der Waals surface area contributed by atoms with Gasteiger partial charge in [-0.2, -0.15) is 18.2 Å². The van der Waals surface area contributed by atoms with Gasteiger partial charge in [0, 0.05) is 48.9 Å². The molecule has 2 aromatic heterocycles. The topological polar surface area (TPSA) is 163 Å². The smallest absolute Gasteiger partial charge is 0.293 e. The maximum Gasteiger partial charge on any atom is 0.293 e. The van der Waals surface area contributed by atoms with E-state index in [4.69, 9.17) is 9.72 Å². The number of carbonyl (C=O) groups is 1. The summed E-state index contributed by atoms with van der Waals surface area (Å²) in [4.78, 5) is 33.5. The van der Waals surface area contributed by atoms with Crippen molar-refractivity contribution in [3.8, 4) is 16.8 Å².